The molecule has 0 spiro atoms. The number of alkyl carbamates (subject to hydrolysis) is 1. The molecular weight excluding hydrogens is 675 g/mol. The normalized spacial score (nSPS) is 27.5. The molecule has 13 nitrogen and oxygen atoms in total. The average Bonchev–Trinajstić information content (AvgIpc) is 4.00. The Balaban J connectivity index is 1.34. The number of benzene rings is 1. The third-order valence-corrected chi connectivity index (χ3v) is 12.6. The number of pyridine rings is 1. The van der Waals surface area contributed by atoms with Crippen molar-refractivity contribution in [2.45, 2.75) is 128 Å². The summed E-state index contributed by atoms with van der Waals surface area (Å²) in [5.41, 5.74) is 0.138. The zero-order valence-corrected chi connectivity index (χ0v) is 31.1. The number of nitrogens with one attached hydrogen (secondary N) is 3. The predicted octanol–water partition coefficient (Wildman–Crippen LogP) is 3.91. The highest BCUT2D eigenvalue weighted by Gasteiger charge is 2.62. The second-order valence-corrected chi connectivity index (χ2v) is 17.6. The van der Waals surface area contributed by atoms with Crippen molar-refractivity contribution in [1.82, 2.24) is 25.2 Å². The summed E-state index contributed by atoms with van der Waals surface area (Å²) >= 11 is 0. The summed E-state index contributed by atoms with van der Waals surface area (Å²) in [7, 11) is -3.85. The van der Waals surface area contributed by atoms with Crippen LogP contribution in [0.2, 0.25) is 0 Å². The molecule has 3 heterocycles. The van der Waals surface area contributed by atoms with Crippen molar-refractivity contribution in [2.75, 3.05) is 13.2 Å². The van der Waals surface area contributed by atoms with E-state index in [-0.39, 0.29) is 31.9 Å². The smallest absolute Gasteiger partial charge is 0.407 e. The summed E-state index contributed by atoms with van der Waals surface area (Å²) in [6.07, 6.45) is 6.29. The number of amides is 4. The Morgan fingerprint density at radius 2 is 1.86 bits per heavy atom. The van der Waals surface area contributed by atoms with E-state index in [1.165, 1.54) is 10.5 Å². The molecule has 2 aromatic rings. The summed E-state index contributed by atoms with van der Waals surface area (Å²) < 4.78 is 39.7. The van der Waals surface area contributed by atoms with Crippen LogP contribution in [0.25, 0.3) is 10.8 Å². The predicted molar refractivity (Wildman–Crippen MR) is 190 cm³/mol. The zero-order chi connectivity index (χ0) is 36.7. The molecule has 4 bridgehead atoms. The molecule has 51 heavy (non-hydrogen) atoms. The van der Waals surface area contributed by atoms with E-state index in [2.05, 4.69) is 39.4 Å². The van der Waals surface area contributed by atoms with Crippen molar-refractivity contribution in [1.29, 1.82) is 0 Å². The molecule has 1 aromatic carbocycles. The highest BCUT2D eigenvalue weighted by Crippen LogP contribution is 2.47. The van der Waals surface area contributed by atoms with E-state index < -0.39 is 68.2 Å². The van der Waals surface area contributed by atoms with Crippen LogP contribution in [-0.2, 0) is 42.0 Å². The number of fused-ring (bicyclic) bond motifs is 3. The minimum absolute atomic E-state index is 0.0189. The first kappa shape index (κ1) is 36.8. The second-order valence-electron chi connectivity index (χ2n) is 15.6. The molecular formula is C37H51N5O8S. The molecule has 2 aliphatic heterocycles. The molecule has 4 amide bonds. The molecule has 1 saturated heterocycles. The van der Waals surface area contributed by atoms with Crippen LogP contribution < -0.4 is 20.1 Å². The minimum atomic E-state index is -3.85. The second kappa shape index (κ2) is 14.2. The maximum absolute atomic E-state index is 14.5. The Kier molecular flexibility index (Phi) is 10.3. The largest absolute Gasteiger partial charge is 0.472 e. The van der Waals surface area contributed by atoms with Gasteiger partial charge in [0.05, 0.1) is 18.4 Å². The fraction of sp³-hybridized carbons (Fsp3) is 0.649. The lowest BCUT2D eigenvalue weighted by Crippen LogP contribution is -2.60. The van der Waals surface area contributed by atoms with E-state index in [0.717, 1.165) is 42.0 Å². The van der Waals surface area contributed by atoms with Crippen LogP contribution in [0, 0.1) is 11.3 Å². The lowest BCUT2D eigenvalue weighted by Gasteiger charge is -2.35. The van der Waals surface area contributed by atoms with Crippen molar-refractivity contribution in [3.05, 3.63) is 35.5 Å². The number of hydrogen-bond donors (Lipinski definition) is 3. The Morgan fingerprint density at radius 1 is 1.10 bits per heavy atom. The molecule has 278 valence electrons. The quantitative estimate of drug-likeness (QED) is 0.383. The van der Waals surface area contributed by atoms with Crippen LogP contribution in [0.1, 0.15) is 97.1 Å². The van der Waals surface area contributed by atoms with Crippen molar-refractivity contribution < 1.29 is 37.1 Å². The number of carbonyl (C=O) groups is 4. The number of cyclic esters (lactones) is 1. The molecule has 2 aliphatic carbocycles. The Morgan fingerprint density at radius 3 is 2.53 bits per heavy atom. The summed E-state index contributed by atoms with van der Waals surface area (Å²) in [5.74, 6) is -1.70. The molecule has 1 aromatic heterocycles. The molecule has 4 aliphatic rings. The maximum Gasteiger partial charge on any atom is 0.407 e. The number of sulfonamides is 1. The molecule has 2 saturated carbocycles. The van der Waals surface area contributed by atoms with E-state index in [1.54, 1.807) is 6.20 Å². The number of aryl methyl sites for hydroxylation is 2. The lowest BCUT2D eigenvalue weighted by atomic mass is 9.85. The Hall–Kier alpha value is -3.94. The third-order valence-electron chi connectivity index (χ3n) is 10.8. The van der Waals surface area contributed by atoms with E-state index >= 15 is 0 Å². The van der Waals surface area contributed by atoms with Gasteiger partial charge in [-0.25, -0.2) is 18.2 Å². The summed E-state index contributed by atoms with van der Waals surface area (Å²) in [6, 6.07) is 4.15. The molecule has 2 unspecified atom stereocenters. The summed E-state index contributed by atoms with van der Waals surface area (Å²) in [4.78, 5) is 61.3. The maximum atomic E-state index is 14.5. The van der Waals surface area contributed by atoms with Crippen molar-refractivity contribution in [2.24, 2.45) is 11.3 Å². The highest BCUT2D eigenvalue weighted by atomic mass is 32.2. The number of hydrogen-bond acceptors (Lipinski definition) is 9. The van der Waals surface area contributed by atoms with Gasteiger partial charge in [-0.2, -0.15) is 0 Å². The number of rotatable bonds is 7. The highest BCUT2D eigenvalue weighted by molar-refractivity contribution is 7.91. The van der Waals surface area contributed by atoms with Gasteiger partial charge < -0.3 is 25.0 Å². The Labute approximate surface area is 300 Å². The standard InChI is InChI=1S/C37H51N5O8S/c1-6-23-17-22-11-9-8-10-16-49-35(46)39-30(36(3,4)5)33(44)42-21-25(50-32-28(18-22)27(23)14-15-38-32)19-29(42)31(43)40-37(20-24(37)7-2)34(45)41-51(47,48)26-12-13-26/h14-15,17-18,24-26,29-30H,6-13,16,19-21H2,1-5H3,(H,39,46)(H,40,43)(H,41,45)/t24?,25-,29+,30-,37?/m1/s1. The van der Waals surface area contributed by atoms with Gasteiger partial charge >= 0.3 is 6.09 Å². The SMILES string of the molecule is CCc1cc2cc3c(nccc13)O[C@@H]1C[C@@H](C(=O)NC3(C(=O)NS(=O)(=O)C4CC4)CC3CC)N(C1)C(=O)[C@H](C(C)(C)C)NC(=O)OCCCCC2. The van der Waals surface area contributed by atoms with Gasteiger partial charge in [0.15, 0.2) is 0 Å². The lowest BCUT2D eigenvalue weighted by molar-refractivity contribution is -0.143. The first-order chi connectivity index (χ1) is 24.2. The van der Waals surface area contributed by atoms with Gasteiger partial charge in [0.2, 0.25) is 27.7 Å². The minimum Gasteiger partial charge on any atom is -0.472 e. The fourth-order valence-electron chi connectivity index (χ4n) is 7.51. The van der Waals surface area contributed by atoms with Gasteiger partial charge in [-0.05, 0) is 91.3 Å². The van der Waals surface area contributed by atoms with E-state index in [0.29, 0.717) is 31.6 Å². The summed E-state index contributed by atoms with van der Waals surface area (Å²) in [5, 5.41) is 6.92. The number of carbonyl (C=O) groups excluding carboxylic acids is 4. The molecule has 3 N–H and O–H groups in total. The number of nitrogens with zero attached hydrogens (tertiary/aromatic N) is 2. The molecule has 5 atom stereocenters. The van der Waals surface area contributed by atoms with Crippen LogP contribution in [0.3, 0.4) is 0 Å². The average molecular weight is 726 g/mol. The van der Waals surface area contributed by atoms with Crippen LogP contribution in [0.15, 0.2) is 24.4 Å². The third kappa shape index (κ3) is 7.80. The number of aromatic nitrogens is 1. The van der Waals surface area contributed by atoms with Gasteiger partial charge in [0.25, 0.3) is 5.91 Å². The van der Waals surface area contributed by atoms with Gasteiger partial charge in [-0.15, -0.1) is 0 Å². The van der Waals surface area contributed by atoms with Crippen molar-refractivity contribution >= 4 is 44.6 Å². The molecule has 0 radical (unpaired) electrons. The molecule has 3 fully saturated rings. The van der Waals surface area contributed by atoms with E-state index in [9.17, 15) is 27.6 Å². The topological polar surface area (TPSA) is 173 Å². The molecule has 14 heteroatoms. The van der Waals surface area contributed by atoms with Crippen LogP contribution in [0.4, 0.5) is 4.79 Å². The van der Waals surface area contributed by atoms with Crippen LogP contribution in [-0.4, -0.2) is 84.2 Å². The first-order valence-electron chi connectivity index (χ1n) is 18.4. The Bertz CT molecular complexity index is 1810. The van der Waals surface area contributed by atoms with Gasteiger partial charge in [-0.3, -0.25) is 19.1 Å². The monoisotopic (exact) mass is 725 g/mol. The van der Waals surface area contributed by atoms with E-state index in [1.807, 2.05) is 33.8 Å². The first-order valence-corrected chi connectivity index (χ1v) is 19.9. The van der Waals surface area contributed by atoms with Gasteiger partial charge in [0.1, 0.15) is 23.7 Å². The summed E-state index contributed by atoms with van der Waals surface area (Å²) in [6.45, 7) is 9.66. The van der Waals surface area contributed by atoms with Crippen LogP contribution in [0.5, 0.6) is 5.88 Å². The molecule has 6 rings (SSSR count). The fourth-order valence-corrected chi connectivity index (χ4v) is 8.87. The van der Waals surface area contributed by atoms with Crippen molar-refractivity contribution in [3.8, 4) is 5.88 Å². The van der Waals surface area contributed by atoms with Crippen LogP contribution >= 0.6 is 0 Å². The number of ether oxygens (including phenoxy) is 2. The van der Waals surface area contributed by atoms with E-state index in [4.69, 9.17) is 9.47 Å². The van der Waals surface area contributed by atoms with Gasteiger partial charge in [-0.1, -0.05) is 47.1 Å². The zero-order valence-electron chi connectivity index (χ0n) is 30.3. The van der Waals surface area contributed by atoms with Crippen molar-refractivity contribution in [3.63, 3.8) is 0 Å². The van der Waals surface area contributed by atoms with Gasteiger partial charge in [0, 0.05) is 18.0 Å².